The molecule has 13 nitrogen and oxygen atoms in total. The largest absolute Gasteiger partial charge is 0.414 e. The van der Waals surface area contributed by atoms with Crippen LogP contribution in [0.15, 0.2) is 42.5 Å². The third kappa shape index (κ3) is 6.64. The number of ether oxygens (including phenoxy) is 2. The summed E-state index contributed by atoms with van der Waals surface area (Å²) in [5.74, 6) is 0.149. The average Bonchev–Trinajstić information content (AvgIpc) is 3.53. The maximum Gasteiger partial charge on any atom is 0.414 e. The van der Waals surface area contributed by atoms with Gasteiger partial charge in [-0.2, -0.15) is 0 Å². The van der Waals surface area contributed by atoms with Crippen LogP contribution in [0, 0.1) is 0 Å². The number of nitrogens with zero attached hydrogens (tertiary/aromatic N) is 6. The van der Waals surface area contributed by atoms with Crippen molar-refractivity contribution in [3.05, 3.63) is 53.6 Å². The van der Waals surface area contributed by atoms with E-state index in [0.717, 1.165) is 21.3 Å². The Kier molecular flexibility index (Phi) is 9.65. The predicted octanol–water partition coefficient (Wildman–Crippen LogP) is 2.14. The molecule has 1 unspecified atom stereocenters. The van der Waals surface area contributed by atoms with E-state index in [1.807, 2.05) is 52.3 Å². The first-order valence-electron chi connectivity index (χ1n) is 14.5. The van der Waals surface area contributed by atoms with E-state index < -0.39 is 12.1 Å². The van der Waals surface area contributed by atoms with E-state index in [9.17, 15) is 14.4 Å². The normalized spacial score (nSPS) is 19.0. The van der Waals surface area contributed by atoms with Crippen LogP contribution in [0.1, 0.15) is 25.0 Å². The van der Waals surface area contributed by atoms with Crippen molar-refractivity contribution in [2.45, 2.75) is 45.1 Å². The van der Waals surface area contributed by atoms with Gasteiger partial charge in [0.2, 0.25) is 11.8 Å². The zero-order valence-corrected chi connectivity index (χ0v) is 26.5. The Morgan fingerprint density at radius 2 is 1.93 bits per heavy atom. The summed E-state index contributed by atoms with van der Waals surface area (Å²) in [5, 5.41) is 7.53. The summed E-state index contributed by atoms with van der Waals surface area (Å²) in [6.07, 6.45) is -0.559. The summed E-state index contributed by atoms with van der Waals surface area (Å²) in [4.78, 5) is 49.3. The number of anilines is 1. The quantitative estimate of drug-likeness (QED) is 0.241. The lowest BCUT2D eigenvalue weighted by Crippen LogP contribution is -2.65. The van der Waals surface area contributed by atoms with Gasteiger partial charge < -0.3 is 29.9 Å². The lowest BCUT2D eigenvalue weighted by atomic mass is 9.99. The molecule has 0 saturated carbocycles. The maximum absolute atomic E-state index is 14.2. The summed E-state index contributed by atoms with van der Waals surface area (Å²) in [5.41, 5.74) is 8.54. The number of rotatable bonds is 11. The highest BCUT2D eigenvalue weighted by molar-refractivity contribution is 7.22. The van der Waals surface area contributed by atoms with Gasteiger partial charge in [-0.05, 0) is 50.2 Å². The molecule has 1 aromatic heterocycles. The highest BCUT2D eigenvalue weighted by atomic mass is 32.1. The van der Waals surface area contributed by atoms with Crippen molar-refractivity contribution >= 4 is 44.6 Å². The molecule has 3 amide bonds. The van der Waals surface area contributed by atoms with Crippen molar-refractivity contribution in [2.75, 3.05) is 53.4 Å². The van der Waals surface area contributed by atoms with E-state index in [4.69, 9.17) is 15.2 Å². The minimum atomic E-state index is -0.728. The SMILES string of the molecule is CNCOCN(C(C)C)N1CC(=O)N2C(Cc3ccc(OC(=O)N(C)C)cc3)C(=O)N(Cc3cccc4sc(N)nc34)C[C@@H]21. The molecule has 236 valence electrons. The lowest BCUT2D eigenvalue weighted by molar-refractivity contribution is -0.174. The molecule has 2 saturated heterocycles. The number of nitrogens with one attached hydrogen (secondary N) is 1. The van der Waals surface area contributed by atoms with Crippen LogP contribution in [0.2, 0.25) is 0 Å². The van der Waals surface area contributed by atoms with Crippen molar-refractivity contribution in [1.29, 1.82) is 0 Å². The fourth-order valence-electron chi connectivity index (χ4n) is 5.63. The Bertz CT molecular complexity index is 1500. The third-order valence-corrected chi connectivity index (χ3v) is 8.62. The van der Waals surface area contributed by atoms with Crippen LogP contribution in [0.3, 0.4) is 0 Å². The topological polar surface area (TPSA) is 137 Å². The molecule has 2 aliphatic rings. The van der Waals surface area contributed by atoms with Gasteiger partial charge in [-0.1, -0.05) is 35.6 Å². The Morgan fingerprint density at radius 3 is 2.61 bits per heavy atom. The molecule has 2 aromatic carbocycles. The monoisotopic (exact) mass is 624 g/mol. The van der Waals surface area contributed by atoms with Gasteiger partial charge in [-0.25, -0.2) is 19.8 Å². The zero-order valence-electron chi connectivity index (χ0n) is 25.7. The first-order valence-corrected chi connectivity index (χ1v) is 15.4. The molecule has 3 N–H and O–H groups in total. The Labute approximate surface area is 261 Å². The molecule has 0 spiro atoms. The molecule has 3 aromatic rings. The minimum Gasteiger partial charge on any atom is -0.410 e. The Morgan fingerprint density at radius 1 is 1.18 bits per heavy atom. The van der Waals surface area contributed by atoms with Crippen LogP contribution in [0.4, 0.5) is 9.93 Å². The van der Waals surface area contributed by atoms with Gasteiger partial charge >= 0.3 is 6.09 Å². The number of nitrogen functional groups attached to an aromatic ring is 1. The minimum absolute atomic E-state index is 0.0493. The molecule has 2 atom stereocenters. The number of carbonyl (C=O) groups is 3. The van der Waals surface area contributed by atoms with Gasteiger partial charge in [0.15, 0.2) is 5.13 Å². The number of hydrogen-bond acceptors (Lipinski definition) is 11. The van der Waals surface area contributed by atoms with Gasteiger partial charge in [0.1, 0.15) is 24.7 Å². The number of hydrogen-bond donors (Lipinski definition) is 2. The van der Waals surface area contributed by atoms with Crippen molar-refractivity contribution in [3.63, 3.8) is 0 Å². The molecule has 5 rings (SSSR count). The van der Waals surface area contributed by atoms with E-state index in [2.05, 4.69) is 24.1 Å². The van der Waals surface area contributed by atoms with Crippen molar-refractivity contribution in [3.8, 4) is 5.75 Å². The predicted molar refractivity (Wildman–Crippen MR) is 167 cm³/mol. The van der Waals surface area contributed by atoms with E-state index in [1.165, 1.54) is 16.2 Å². The molecule has 2 fully saturated rings. The molecule has 2 aliphatic heterocycles. The highest BCUT2D eigenvalue weighted by Gasteiger charge is 2.51. The number of fused-ring (bicyclic) bond motifs is 2. The number of thiazole rings is 1. The number of nitrogens with two attached hydrogens (primary N) is 1. The second-order valence-corrected chi connectivity index (χ2v) is 12.5. The number of hydrazine groups is 1. The van der Waals surface area contributed by atoms with Gasteiger partial charge in [0, 0.05) is 33.1 Å². The van der Waals surface area contributed by atoms with Gasteiger partial charge in [-0.3, -0.25) is 14.9 Å². The number of amides is 3. The number of para-hydroxylation sites is 1. The summed E-state index contributed by atoms with van der Waals surface area (Å²) in [6.45, 7) is 5.56. The van der Waals surface area contributed by atoms with Gasteiger partial charge in [-0.15, -0.1) is 0 Å². The van der Waals surface area contributed by atoms with E-state index in [-0.39, 0.29) is 30.6 Å². The fourth-order valence-corrected chi connectivity index (χ4v) is 6.41. The van der Waals surface area contributed by atoms with Gasteiger partial charge in [0.25, 0.3) is 0 Å². The second kappa shape index (κ2) is 13.4. The van der Waals surface area contributed by atoms with Crippen LogP contribution in [-0.4, -0.2) is 114 Å². The van der Waals surface area contributed by atoms with E-state index >= 15 is 0 Å². The smallest absolute Gasteiger partial charge is 0.410 e. The second-order valence-electron chi connectivity index (χ2n) is 11.4. The van der Waals surface area contributed by atoms with Crippen molar-refractivity contribution < 1.29 is 23.9 Å². The molecular weight excluding hydrogens is 584 g/mol. The third-order valence-electron chi connectivity index (χ3n) is 7.77. The summed E-state index contributed by atoms with van der Waals surface area (Å²) in [7, 11) is 5.04. The number of aromatic nitrogens is 1. The molecule has 0 aliphatic carbocycles. The maximum atomic E-state index is 14.2. The van der Waals surface area contributed by atoms with Crippen LogP contribution in [0.5, 0.6) is 5.75 Å². The highest BCUT2D eigenvalue weighted by Crippen LogP contribution is 2.33. The Balaban J connectivity index is 1.45. The van der Waals surface area contributed by atoms with Gasteiger partial charge in [0.05, 0.1) is 30.0 Å². The number of carbonyl (C=O) groups excluding carboxylic acids is 3. The summed E-state index contributed by atoms with van der Waals surface area (Å²) < 4.78 is 12.1. The van der Waals surface area contributed by atoms with E-state index in [0.29, 0.717) is 43.9 Å². The van der Waals surface area contributed by atoms with Crippen LogP contribution in [0.25, 0.3) is 10.2 Å². The standard InChI is InChI=1S/C30H40N8O5S/c1-19(2)37(18-42-17-32-3)36-16-26(39)38-23(13-20-9-11-22(12-10-20)43-30(41)34(4)5)28(40)35(15-25(36)38)14-21-7-6-8-24-27(21)33-29(31)44-24/h6-12,19,23,25,32H,13-18H2,1-5H3,(H2,31,33)/t23?,25-/m1/s1. The van der Waals surface area contributed by atoms with Crippen LogP contribution in [-0.2, 0) is 27.3 Å². The molecule has 14 heteroatoms. The number of piperazine rings is 1. The van der Waals surface area contributed by atoms with Crippen LogP contribution < -0.4 is 15.8 Å². The zero-order chi connectivity index (χ0) is 31.5. The van der Waals surface area contributed by atoms with E-state index in [1.54, 1.807) is 31.1 Å². The average molecular weight is 625 g/mol. The molecular formula is C30H40N8O5S. The van der Waals surface area contributed by atoms with Crippen molar-refractivity contribution in [1.82, 2.24) is 35.0 Å². The lowest BCUT2D eigenvalue weighted by Gasteiger charge is -2.47. The van der Waals surface area contributed by atoms with Crippen molar-refractivity contribution in [2.24, 2.45) is 0 Å². The summed E-state index contributed by atoms with van der Waals surface area (Å²) in [6, 6.07) is 12.2. The number of benzene rings is 2. The molecule has 0 radical (unpaired) electrons. The molecule has 44 heavy (non-hydrogen) atoms. The molecule has 3 heterocycles. The van der Waals surface area contributed by atoms with Crippen LogP contribution >= 0.6 is 11.3 Å². The first-order chi connectivity index (χ1) is 21.1. The first kappa shape index (κ1) is 31.6. The Hall–Kier alpha value is -3.82. The summed E-state index contributed by atoms with van der Waals surface area (Å²) >= 11 is 1.41. The molecule has 0 bridgehead atoms. The fraction of sp³-hybridized carbons (Fsp3) is 0.467.